The van der Waals surface area contributed by atoms with Gasteiger partial charge in [-0.1, -0.05) is 11.6 Å². The Labute approximate surface area is 125 Å². The normalized spacial score (nSPS) is 15.7. The Bertz CT molecular complexity index is 445. The van der Waals surface area contributed by atoms with Gasteiger partial charge in [-0.05, 0) is 56.6 Å². The molecule has 106 valence electrons. The second-order valence-electron chi connectivity index (χ2n) is 4.86. The van der Waals surface area contributed by atoms with Gasteiger partial charge in [0.2, 0.25) is 0 Å². The van der Waals surface area contributed by atoms with Crippen molar-refractivity contribution in [3.05, 3.63) is 34.3 Å². The van der Waals surface area contributed by atoms with E-state index in [0.29, 0.717) is 11.1 Å². The number of amides is 1. The van der Waals surface area contributed by atoms with Crippen molar-refractivity contribution in [3.63, 3.8) is 0 Å². The molecule has 1 N–H and O–H groups in total. The third-order valence-electron chi connectivity index (χ3n) is 3.58. The molecular formula is C14H20Cl2N2O. The maximum atomic E-state index is 12.4. The average molecular weight is 303 g/mol. The fourth-order valence-electron chi connectivity index (χ4n) is 2.34. The third kappa shape index (κ3) is 3.85. The number of carbonyl (C=O) groups is 1. The van der Waals surface area contributed by atoms with E-state index in [0.717, 1.165) is 37.1 Å². The zero-order chi connectivity index (χ0) is 13.1. The van der Waals surface area contributed by atoms with Gasteiger partial charge in [-0.25, -0.2) is 0 Å². The molecular weight excluding hydrogens is 283 g/mol. The molecule has 1 saturated heterocycles. The quantitative estimate of drug-likeness (QED) is 0.911. The topological polar surface area (TPSA) is 32.3 Å². The van der Waals surface area contributed by atoms with E-state index < -0.39 is 0 Å². The fraction of sp³-hybridized carbons (Fsp3) is 0.500. The van der Waals surface area contributed by atoms with Crippen LogP contribution in [0.5, 0.6) is 0 Å². The van der Waals surface area contributed by atoms with Crippen LogP contribution in [0, 0.1) is 6.92 Å². The molecule has 1 aliphatic heterocycles. The summed E-state index contributed by atoms with van der Waals surface area (Å²) in [5, 5.41) is 4.01. The van der Waals surface area contributed by atoms with Crippen LogP contribution < -0.4 is 5.32 Å². The van der Waals surface area contributed by atoms with Crippen molar-refractivity contribution in [2.24, 2.45) is 0 Å². The molecule has 1 heterocycles. The molecule has 19 heavy (non-hydrogen) atoms. The number of halogens is 2. The standard InChI is InChI=1S/C14H19ClN2O.ClH/c1-10-9-11(3-4-13(10)15)14(18)17(2)12-5-7-16-8-6-12;/h3-4,9,12,16H,5-8H2,1-2H3;1H. The predicted molar refractivity (Wildman–Crippen MR) is 81.4 cm³/mol. The van der Waals surface area contributed by atoms with Crippen molar-refractivity contribution in [1.82, 2.24) is 10.2 Å². The highest BCUT2D eigenvalue weighted by molar-refractivity contribution is 6.31. The first-order valence-electron chi connectivity index (χ1n) is 6.33. The highest BCUT2D eigenvalue weighted by atomic mass is 35.5. The van der Waals surface area contributed by atoms with E-state index in [1.165, 1.54) is 0 Å². The van der Waals surface area contributed by atoms with E-state index in [-0.39, 0.29) is 18.3 Å². The van der Waals surface area contributed by atoms with Crippen LogP contribution in [0.2, 0.25) is 5.02 Å². The number of piperidine rings is 1. The lowest BCUT2D eigenvalue weighted by atomic mass is 10.0. The minimum atomic E-state index is 0. The molecule has 0 aromatic heterocycles. The number of hydrogen-bond acceptors (Lipinski definition) is 2. The summed E-state index contributed by atoms with van der Waals surface area (Å²) in [6.07, 6.45) is 2.05. The molecule has 1 fully saturated rings. The van der Waals surface area contributed by atoms with Gasteiger partial charge in [-0.2, -0.15) is 0 Å². The highest BCUT2D eigenvalue weighted by Gasteiger charge is 2.22. The molecule has 5 heteroatoms. The van der Waals surface area contributed by atoms with Gasteiger partial charge in [-0.3, -0.25) is 4.79 Å². The van der Waals surface area contributed by atoms with Crippen molar-refractivity contribution in [2.45, 2.75) is 25.8 Å². The van der Waals surface area contributed by atoms with Crippen LogP contribution >= 0.6 is 24.0 Å². The van der Waals surface area contributed by atoms with E-state index in [2.05, 4.69) is 5.32 Å². The van der Waals surface area contributed by atoms with E-state index >= 15 is 0 Å². The van der Waals surface area contributed by atoms with Crippen molar-refractivity contribution in [3.8, 4) is 0 Å². The fourth-order valence-corrected chi connectivity index (χ4v) is 2.46. The molecule has 1 aliphatic rings. The van der Waals surface area contributed by atoms with Crippen LogP contribution in [0.25, 0.3) is 0 Å². The summed E-state index contributed by atoms with van der Waals surface area (Å²) in [6, 6.07) is 5.80. The molecule has 0 atom stereocenters. The van der Waals surface area contributed by atoms with E-state index in [1.807, 2.05) is 24.9 Å². The van der Waals surface area contributed by atoms with Crippen molar-refractivity contribution < 1.29 is 4.79 Å². The largest absolute Gasteiger partial charge is 0.339 e. The first-order valence-corrected chi connectivity index (χ1v) is 6.71. The Balaban J connectivity index is 0.00000180. The van der Waals surface area contributed by atoms with Gasteiger partial charge >= 0.3 is 0 Å². The summed E-state index contributed by atoms with van der Waals surface area (Å²) in [6.45, 7) is 3.90. The SMILES string of the molecule is Cc1cc(C(=O)N(C)C2CCNCC2)ccc1Cl.Cl. The van der Waals surface area contributed by atoms with Crippen molar-refractivity contribution >= 4 is 29.9 Å². The molecule has 3 nitrogen and oxygen atoms in total. The first kappa shape index (κ1) is 16.3. The number of carbonyl (C=O) groups excluding carboxylic acids is 1. The molecule has 0 bridgehead atoms. The molecule has 0 saturated carbocycles. The van der Waals surface area contributed by atoms with Crippen molar-refractivity contribution in [1.29, 1.82) is 0 Å². The molecule has 0 spiro atoms. The summed E-state index contributed by atoms with van der Waals surface area (Å²) < 4.78 is 0. The Morgan fingerprint density at radius 2 is 2.00 bits per heavy atom. The molecule has 0 unspecified atom stereocenters. The van der Waals surface area contributed by atoms with E-state index in [1.54, 1.807) is 12.1 Å². The predicted octanol–water partition coefficient (Wildman–Crippen LogP) is 2.89. The second kappa shape index (κ2) is 7.13. The molecule has 0 aliphatic carbocycles. The maximum Gasteiger partial charge on any atom is 0.253 e. The van der Waals surface area contributed by atoms with E-state index in [4.69, 9.17) is 11.6 Å². The van der Waals surface area contributed by atoms with Crippen LogP contribution in [-0.4, -0.2) is 37.0 Å². The molecule has 1 aromatic rings. The highest BCUT2D eigenvalue weighted by Crippen LogP contribution is 2.19. The van der Waals surface area contributed by atoms with Gasteiger partial charge < -0.3 is 10.2 Å². The number of aryl methyl sites for hydroxylation is 1. The lowest BCUT2D eigenvalue weighted by Crippen LogP contribution is -2.43. The van der Waals surface area contributed by atoms with Crippen LogP contribution in [0.3, 0.4) is 0 Å². The summed E-state index contributed by atoms with van der Waals surface area (Å²) in [7, 11) is 1.89. The van der Waals surface area contributed by atoms with Gasteiger partial charge in [0.1, 0.15) is 0 Å². The Hall–Kier alpha value is -0.770. The lowest BCUT2D eigenvalue weighted by molar-refractivity contribution is 0.0703. The Morgan fingerprint density at radius 1 is 1.37 bits per heavy atom. The maximum absolute atomic E-state index is 12.4. The van der Waals surface area contributed by atoms with Gasteiger partial charge in [0, 0.05) is 23.7 Å². The monoisotopic (exact) mass is 302 g/mol. The lowest BCUT2D eigenvalue weighted by Gasteiger charge is -2.31. The van der Waals surface area contributed by atoms with Crippen LogP contribution in [0.4, 0.5) is 0 Å². The molecule has 1 amide bonds. The number of nitrogens with zero attached hydrogens (tertiary/aromatic N) is 1. The number of nitrogens with one attached hydrogen (secondary N) is 1. The first-order chi connectivity index (χ1) is 8.59. The summed E-state index contributed by atoms with van der Waals surface area (Å²) in [4.78, 5) is 14.2. The zero-order valence-electron chi connectivity index (χ0n) is 11.3. The molecule has 2 rings (SSSR count). The van der Waals surface area contributed by atoms with Crippen LogP contribution in [0.1, 0.15) is 28.8 Å². The van der Waals surface area contributed by atoms with Gasteiger partial charge in [0.25, 0.3) is 5.91 Å². The Morgan fingerprint density at radius 3 is 2.58 bits per heavy atom. The number of rotatable bonds is 2. The number of benzene rings is 1. The molecule has 0 radical (unpaired) electrons. The number of hydrogen-bond donors (Lipinski definition) is 1. The summed E-state index contributed by atoms with van der Waals surface area (Å²) in [5.74, 6) is 0.0849. The van der Waals surface area contributed by atoms with Crippen molar-refractivity contribution in [2.75, 3.05) is 20.1 Å². The second-order valence-corrected chi connectivity index (χ2v) is 5.27. The smallest absolute Gasteiger partial charge is 0.253 e. The van der Waals surface area contributed by atoms with Gasteiger partial charge in [-0.15, -0.1) is 12.4 Å². The Kier molecular flexibility index (Phi) is 6.11. The zero-order valence-corrected chi connectivity index (χ0v) is 12.9. The van der Waals surface area contributed by atoms with Gasteiger partial charge in [0.05, 0.1) is 0 Å². The summed E-state index contributed by atoms with van der Waals surface area (Å²) in [5.41, 5.74) is 1.67. The molecule has 1 aromatic carbocycles. The van der Waals surface area contributed by atoms with E-state index in [9.17, 15) is 4.79 Å². The van der Waals surface area contributed by atoms with Crippen LogP contribution in [-0.2, 0) is 0 Å². The minimum absolute atomic E-state index is 0. The third-order valence-corrected chi connectivity index (χ3v) is 4.01. The average Bonchev–Trinajstić information content (AvgIpc) is 2.41. The minimum Gasteiger partial charge on any atom is -0.339 e. The van der Waals surface area contributed by atoms with Crippen LogP contribution in [0.15, 0.2) is 18.2 Å². The summed E-state index contributed by atoms with van der Waals surface area (Å²) >= 11 is 5.98. The van der Waals surface area contributed by atoms with Gasteiger partial charge in [0.15, 0.2) is 0 Å².